The van der Waals surface area contributed by atoms with E-state index < -0.39 is 43.8 Å². The standard InChI is InChI=1S/C36H45N3O8Si/c1-21-32(48(5,6)28-14-12-27(46-4)13-15-28)31(17-18-40)47-36(21)29-19-26(38-34(44)23(3)42)11-16-30(29)39(35(36)45)20-24-7-9-25(10-8-24)37-33(43)22(2)41/h7-16,19,21-23,31-32,40-42H,17-18,20H2,1-6H3,(H,37,43)(H,38,44)/t21-,22+,23+,31+,32-,36+/m1/s1. The maximum absolute atomic E-state index is 14.9. The lowest BCUT2D eigenvalue weighted by Gasteiger charge is -2.37. The minimum absolute atomic E-state index is 0.0673. The predicted molar refractivity (Wildman–Crippen MR) is 186 cm³/mol. The number of carbonyl (C=O) groups is 3. The number of carbonyl (C=O) groups excluding carboxylic acids is 3. The van der Waals surface area contributed by atoms with Crippen LogP contribution in [-0.4, -0.2) is 73.1 Å². The average molecular weight is 676 g/mol. The first-order valence-electron chi connectivity index (χ1n) is 16.2. The van der Waals surface area contributed by atoms with Crippen LogP contribution in [-0.2, 0) is 31.3 Å². The van der Waals surface area contributed by atoms with Crippen molar-refractivity contribution in [1.82, 2.24) is 0 Å². The molecule has 1 saturated heterocycles. The highest BCUT2D eigenvalue weighted by Crippen LogP contribution is 2.60. The van der Waals surface area contributed by atoms with Gasteiger partial charge in [-0.3, -0.25) is 14.4 Å². The van der Waals surface area contributed by atoms with Crippen molar-refractivity contribution >= 4 is 48.0 Å². The van der Waals surface area contributed by atoms with Crippen molar-refractivity contribution in [1.29, 1.82) is 0 Å². The van der Waals surface area contributed by atoms with Crippen LogP contribution < -0.4 is 25.5 Å². The van der Waals surface area contributed by atoms with Crippen LogP contribution in [0.3, 0.4) is 0 Å². The van der Waals surface area contributed by atoms with Gasteiger partial charge in [-0.1, -0.05) is 49.5 Å². The second-order valence-electron chi connectivity index (χ2n) is 13.3. The Balaban J connectivity index is 1.57. The lowest BCUT2D eigenvalue weighted by Crippen LogP contribution is -2.51. The lowest BCUT2D eigenvalue weighted by atomic mass is 9.82. The largest absolute Gasteiger partial charge is 0.497 e. The molecule has 0 radical (unpaired) electrons. The molecule has 0 saturated carbocycles. The number of aliphatic hydroxyl groups excluding tert-OH is 3. The summed E-state index contributed by atoms with van der Waals surface area (Å²) in [5, 5.41) is 36.2. The zero-order valence-corrected chi connectivity index (χ0v) is 29.2. The number of benzene rings is 3. The van der Waals surface area contributed by atoms with Gasteiger partial charge < -0.3 is 40.3 Å². The maximum atomic E-state index is 14.9. The van der Waals surface area contributed by atoms with Gasteiger partial charge in [0.05, 0.1) is 33.5 Å². The molecule has 1 fully saturated rings. The van der Waals surface area contributed by atoms with E-state index in [4.69, 9.17) is 9.47 Å². The molecule has 0 aliphatic carbocycles. The number of hydrogen-bond acceptors (Lipinski definition) is 8. The van der Waals surface area contributed by atoms with Crippen molar-refractivity contribution in [2.75, 3.05) is 29.3 Å². The Morgan fingerprint density at radius 1 is 0.958 bits per heavy atom. The number of anilines is 3. The van der Waals surface area contributed by atoms with Crippen molar-refractivity contribution in [3.63, 3.8) is 0 Å². The molecule has 2 aliphatic heterocycles. The number of amides is 3. The van der Waals surface area contributed by atoms with E-state index in [1.807, 2.05) is 31.2 Å². The molecule has 11 nitrogen and oxygen atoms in total. The summed E-state index contributed by atoms with van der Waals surface area (Å²) in [6.07, 6.45) is -2.45. The smallest absolute Gasteiger partial charge is 0.264 e. The number of fused-ring (bicyclic) bond motifs is 2. The zero-order chi connectivity index (χ0) is 35.0. The summed E-state index contributed by atoms with van der Waals surface area (Å²) in [5.74, 6) is -0.886. The number of hydrogen-bond donors (Lipinski definition) is 5. The number of nitrogens with one attached hydrogen (secondary N) is 2. The molecule has 0 aromatic heterocycles. The van der Waals surface area contributed by atoms with E-state index >= 15 is 0 Å². The summed E-state index contributed by atoms with van der Waals surface area (Å²) in [6, 6.07) is 20.3. The van der Waals surface area contributed by atoms with E-state index in [1.165, 1.54) is 19.0 Å². The van der Waals surface area contributed by atoms with Gasteiger partial charge in [-0.25, -0.2) is 0 Å². The molecule has 48 heavy (non-hydrogen) atoms. The van der Waals surface area contributed by atoms with Gasteiger partial charge in [0.2, 0.25) is 0 Å². The fraction of sp³-hybridized carbons (Fsp3) is 0.417. The van der Waals surface area contributed by atoms with Crippen molar-refractivity contribution in [3.05, 3.63) is 77.9 Å². The fourth-order valence-electron chi connectivity index (χ4n) is 7.31. The van der Waals surface area contributed by atoms with Gasteiger partial charge in [0.15, 0.2) is 5.60 Å². The summed E-state index contributed by atoms with van der Waals surface area (Å²) in [7, 11) is -0.759. The molecule has 5 rings (SSSR count). The molecule has 0 unspecified atom stereocenters. The van der Waals surface area contributed by atoms with E-state index in [0.717, 1.165) is 11.3 Å². The topological polar surface area (TPSA) is 158 Å². The molecule has 2 aliphatic rings. The summed E-state index contributed by atoms with van der Waals surface area (Å²) in [4.78, 5) is 41.0. The van der Waals surface area contributed by atoms with Crippen LogP contribution in [0.4, 0.5) is 17.1 Å². The van der Waals surface area contributed by atoms with Crippen LogP contribution in [0.15, 0.2) is 66.7 Å². The van der Waals surface area contributed by atoms with Gasteiger partial charge in [0.25, 0.3) is 17.7 Å². The van der Waals surface area contributed by atoms with E-state index in [1.54, 1.807) is 42.3 Å². The summed E-state index contributed by atoms with van der Waals surface area (Å²) in [6.45, 7) is 9.45. The van der Waals surface area contributed by atoms with Gasteiger partial charge in [0, 0.05) is 29.5 Å². The number of methoxy groups -OCH3 is 1. The van der Waals surface area contributed by atoms with Crippen LogP contribution >= 0.6 is 0 Å². The fourth-order valence-corrected chi connectivity index (χ4v) is 11.4. The third-order valence-electron chi connectivity index (χ3n) is 9.84. The summed E-state index contributed by atoms with van der Waals surface area (Å²) >= 11 is 0. The Morgan fingerprint density at radius 3 is 2.10 bits per heavy atom. The highest BCUT2D eigenvalue weighted by molar-refractivity contribution is 6.91. The third-order valence-corrected chi connectivity index (χ3v) is 14.2. The van der Waals surface area contributed by atoms with Crippen molar-refractivity contribution < 1.29 is 39.2 Å². The molecule has 1 spiro atoms. The highest BCUT2D eigenvalue weighted by atomic mass is 28.3. The second kappa shape index (κ2) is 13.8. The Bertz CT molecular complexity index is 1660. The zero-order valence-electron chi connectivity index (χ0n) is 28.2. The van der Waals surface area contributed by atoms with Crippen molar-refractivity contribution in [3.8, 4) is 5.75 Å². The Labute approximate surface area is 281 Å². The highest BCUT2D eigenvalue weighted by Gasteiger charge is 2.66. The van der Waals surface area contributed by atoms with E-state index in [0.29, 0.717) is 29.0 Å². The van der Waals surface area contributed by atoms with Gasteiger partial charge in [-0.15, -0.1) is 0 Å². The molecule has 256 valence electrons. The van der Waals surface area contributed by atoms with Gasteiger partial charge in [-0.05, 0) is 73.8 Å². The first-order valence-corrected chi connectivity index (χ1v) is 19.3. The van der Waals surface area contributed by atoms with Gasteiger partial charge in [-0.2, -0.15) is 0 Å². The van der Waals surface area contributed by atoms with E-state index in [9.17, 15) is 29.7 Å². The molecule has 0 bridgehead atoms. The lowest BCUT2D eigenvalue weighted by molar-refractivity contribution is -0.146. The van der Waals surface area contributed by atoms with Crippen LogP contribution in [0.5, 0.6) is 5.75 Å². The first kappa shape index (κ1) is 35.2. The number of nitrogens with zero attached hydrogens (tertiary/aromatic N) is 1. The molecule has 5 N–H and O–H groups in total. The van der Waals surface area contributed by atoms with Crippen LogP contribution in [0.2, 0.25) is 18.6 Å². The molecule has 3 aromatic carbocycles. The van der Waals surface area contributed by atoms with Crippen LogP contribution in [0, 0.1) is 5.92 Å². The Morgan fingerprint density at radius 2 is 1.54 bits per heavy atom. The Hall–Kier alpha value is -4.07. The summed E-state index contributed by atoms with van der Waals surface area (Å²) in [5.41, 5.74) is 1.54. The number of rotatable bonds is 11. The van der Waals surface area contributed by atoms with Crippen LogP contribution in [0.25, 0.3) is 0 Å². The number of ether oxygens (including phenoxy) is 2. The quantitative estimate of drug-likeness (QED) is 0.194. The molecule has 6 atom stereocenters. The average Bonchev–Trinajstić information content (AvgIpc) is 3.48. The SMILES string of the molecule is COc1ccc([Si](C)(C)[C@H]2[C@H](CCO)O[C@@]3(C(=O)N(Cc4ccc(NC(=O)[C@H](C)O)cc4)c4ccc(NC(=O)[C@H](C)O)cc43)[C@@H]2C)cc1. The van der Waals surface area contributed by atoms with Crippen LogP contribution in [0.1, 0.15) is 38.3 Å². The summed E-state index contributed by atoms with van der Waals surface area (Å²) < 4.78 is 12.4. The Kier molecular flexibility index (Phi) is 10.1. The molecule has 3 aromatic rings. The maximum Gasteiger partial charge on any atom is 0.264 e. The molecular formula is C36H45N3O8Si. The van der Waals surface area contributed by atoms with E-state index in [2.05, 4.69) is 35.9 Å². The minimum Gasteiger partial charge on any atom is -0.497 e. The number of aliphatic hydroxyl groups is 3. The first-order chi connectivity index (χ1) is 22.7. The van der Waals surface area contributed by atoms with Crippen molar-refractivity contribution in [2.24, 2.45) is 5.92 Å². The van der Waals surface area contributed by atoms with Crippen molar-refractivity contribution in [2.45, 2.75) is 76.3 Å². The molecule has 2 heterocycles. The predicted octanol–water partition coefficient (Wildman–Crippen LogP) is 3.48. The normalized spacial score (nSPS) is 23.1. The molecule has 12 heteroatoms. The van der Waals surface area contributed by atoms with E-state index in [-0.39, 0.29) is 30.5 Å². The molecular weight excluding hydrogens is 630 g/mol. The third kappa shape index (κ3) is 6.38. The second-order valence-corrected chi connectivity index (χ2v) is 18.0. The monoisotopic (exact) mass is 675 g/mol. The van der Waals surface area contributed by atoms with Gasteiger partial charge >= 0.3 is 0 Å². The molecule has 3 amide bonds. The van der Waals surface area contributed by atoms with Gasteiger partial charge in [0.1, 0.15) is 18.0 Å². The minimum atomic E-state index is -2.39.